The molecule has 2 aromatic rings. The van der Waals surface area contributed by atoms with Gasteiger partial charge in [-0.25, -0.2) is 0 Å². The van der Waals surface area contributed by atoms with Crippen molar-refractivity contribution < 1.29 is 14.3 Å². The Morgan fingerprint density at radius 2 is 1.92 bits per heavy atom. The molecule has 2 aromatic carbocycles. The largest absolute Gasteiger partial charge is 0.493 e. The van der Waals surface area contributed by atoms with E-state index in [1.54, 1.807) is 31.4 Å². The number of carbonyl (C=O) groups excluding carboxylic acids is 1. The topological polar surface area (TPSA) is 47.6 Å². The lowest BCUT2D eigenvalue weighted by Gasteiger charge is -2.18. The van der Waals surface area contributed by atoms with Crippen molar-refractivity contribution in [3.63, 3.8) is 0 Å². The fourth-order valence-electron chi connectivity index (χ4n) is 2.54. The fraction of sp³-hybridized carbons (Fsp3) is 0.286. The third-order valence-corrected chi connectivity index (χ3v) is 3.98. The number of aryl methyl sites for hydroxylation is 1. The Balaban J connectivity index is 2.15. The molecule has 2 rings (SSSR count). The molecule has 132 valence electrons. The second kappa shape index (κ2) is 8.92. The van der Waals surface area contributed by atoms with Crippen molar-refractivity contribution >= 4 is 5.91 Å². The van der Waals surface area contributed by atoms with Crippen LogP contribution in [0.4, 0.5) is 0 Å². The molecule has 0 aliphatic heterocycles. The monoisotopic (exact) mass is 339 g/mol. The fourth-order valence-corrected chi connectivity index (χ4v) is 2.54. The zero-order valence-electron chi connectivity index (χ0n) is 15.0. The van der Waals surface area contributed by atoms with Crippen LogP contribution in [0, 0.1) is 6.92 Å². The smallest absolute Gasteiger partial charge is 0.251 e. The lowest BCUT2D eigenvalue weighted by molar-refractivity contribution is 0.0935. The molecule has 0 heterocycles. The predicted molar refractivity (Wildman–Crippen MR) is 100 cm³/mol. The summed E-state index contributed by atoms with van der Waals surface area (Å²) in [5.74, 6) is 0.975. The summed E-state index contributed by atoms with van der Waals surface area (Å²) in [4.78, 5) is 12.6. The number of amides is 1. The van der Waals surface area contributed by atoms with Crippen LogP contribution in [0.5, 0.6) is 11.5 Å². The molecule has 0 bridgehead atoms. The van der Waals surface area contributed by atoms with E-state index in [1.807, 2.05) is 6.92 Å². The molecule has 0 saturated carbocycles. The first kappa shape index (κ1) is 18.6. The summed E-state index contributed by atoms with van der Waals surface area (Å²) >= 11 is 0. The summed E-state index contributed by atoms with van der Waals surface area (Å²) in [6, 6.07) is 13.3. The van der Waals surface area contributed by atoms with Gasteiger partial charge in [0.15, 0.2) is 11.5 Å². The standard InChI is InChI=1S/C21H25NO3/c1-5-13-25-19-12-11-17(14-20(19)24-4)21(23)22-18(6-2)16-9-7-15(3)8-10-16/h5,7-12,14,18H,1,6,13H2,2-4H3,(H,22,23). The zero-order chi connectivity index (χ0) is 18.2. The molecule has 0 aliphatic carbocycles. The number of hydrogen-bond donors (Lipinski definition) is 1. The second-order valence-electron chi connectivity index (χ2n) is 5.81. The summed E-state index contributed by atoms with van der Waals surface area (Å²) < 4.78 is 10.8. The zero-order valence-corrected chi connectivity index (χ0v) is 15.0. The summed E-state index contributed by atoms with van der Waals surface area (Å²) in [5, 5.41) is 3.08. The Labute approximate surface area is 149 Å². The van der Waals surface area contributed by atoms with Crippen LogP contribution in [-0.2, 0) is 0 Å². The van der Waals surface area contributed by atoms with Crippen LogP contribution in [-0.4, -0.2) is 19.6 Å². The second-order valence-corrected chi connectivity index (χ2v) is 5.81. The molecule has 0 aromatic heterocycles. The first-order chi connectivity index (χ1) is 12.1. The molecule has 1 unspecified atom stereocenters. The molecule has 1 N–H and O–H groups in total. The van der Waals surface area contributed by atoms with E-state index in [0.717, 1.165) is 12.0 Å². The van der Waals surface area contributed by atoms with Gasteiger partial charge in [-0.2, -0.15) is 0 Å². The molecule has 0 saturated heterocycles. The highest BCUT2D eigenvalue weighted by Gasteiger charge is 2.16. The van der Waals surface area contributed by atoms with Crippen LogP contribution < -0.4 is 14.8 Å². The average molecular weight is 339 g/mol. The summed E-state index contributed by atoms with van der Waals surface area (Å²) in [6.07, 6.45) is 2.47. The van der Waals surface area contributed by atoms with E-state index in [2.05, 4.69) is 43.1 Å². The van der Waals surface area contributed by atoms with Crippen molar-refractivity contribution in [3.05, 3.63) is 71.8 Å². The summed E-state index contributed by atoms with van der Waals surface area (Å²) in [6.45, 7) is 8.11. The lowest BCUT2D eigenvalue weighted by atomic mass is 10.0. The predicted octanol–water partition coefficient (Wildman–Crippen LogP) is 4.45. The first-order valence-corrected chi connectivity index (χ1v) is 8.38. The molecule has 0 radical (unpaired) electrons. The van der Waals surface area contributed by atoms with Gasteiger partial charge in [-0.15, -0.1) is 0 Å². The molecule has 4 heteroatoms. The molecule has 25 heavy (non-hydrogen) atoms. The molecule has 1 amide bonds. The minimum atomic E-state index is -0.138. The van der Waals surface area contributed by atoms with Crippen molar-refractivity contribution in [2.24, 2.45) is 0 Å². The van der Waals surface area contributed by atoms with E-state index in [1.165, 1.54) is 5.56 Å². The minimum Gasteiger partial charge on any atom is -0.493 e. The van der Waals surface area contributed by atoms with Gasteiger partial charge in [-0.3, -0.25) is 4.79 Å². The van der Waals surface area contributed by atoms with Crippen LogP contribution in [0.1, 0.15) is 40.9 Å². The molecule has 0 spiro atoms. The Kier molecular flexibility index (Phi) is 6.63. The van der Waals surface area contributed by atoms with E-state index in [4.69, 9.17) is 9.47 Å². The maximum absolute atomic E-state index is 12.6. The molecule has 1 atom stereocenters. The van der Waals surface area contributed by atoms with E-state index in [9.17, 15) is 4.79 Å². The third kappa shape index (κ3) is 4.86. The van der Waals surface area contributed by atoms with Gasteiger partial charge in [0.2, 0.25) is 0 Å². The summed E-state index contributed by atoms with van der Waals surface area (Å²) in [5.41, 5.74) is 2.83. The Hall–Kier alpha value is -2.75. The minimum absolute atomic E-state index is 0.0317. The van der Waals surface area contributed by atoms with Crippen LogP contribution in [0.2, 0.25) is 0 Å². The van der Waals surface area contributed by atoms with E-state index in [-0.39, 0.29) is 11.9 Å². The van der Waals surface area contributed by atoms with Gasteiger partial charge >= 0.3 is 0 Å². The molecule has 4 nitrogen and oxygen atoms in total. The van der Waals surface area contributed by atoms with Crippen molar-refractivity contribution in [2.45, 2.75) is 26.3 Å². The molecular weight excluding hydrogens is 314 g/mol. The number of ether oxygens (including phenoxy) is 2. The van der Waals surface area contributed by atoms with Gasteiger partial charge in [-0.05, 0) is 37.1 Å². The quantitative estimate of drug-likeness (QED) is 0.723. The Morgan fingerprint density at radius 3 is 2.52 bits per heavy atom. The van der Waals surface area contributed by atoms with Crippen LogP contribution >= 0.6 is 0 Å². The normalized spacial score (nSPS) is 11.5. The third-order valence-electron chi connectivity index (χ3n) is 3.98. The van der Waals surface area contributed by atoms with Gasteiger partial charge < -0.3 is 14.8 Å². The number of carbonyl (C=O) groups is 1. The van der Waals surface area contributed by atoms with E-state index >= 15 is 0 Å². The first-order valence-electron chi connectivity index (χ1n) is 8.38. The highest BCUT2D eigenvalue weighted by Crippen LogP contribution is 2.28. The Bertz CT molecular complexity index is 722. The van der Waals surface area contributed by atoms with Crippen molar-refractivity contribution in [2.75, 3.05) is 13.7 Å². The number of hydrogen-bond acceptors (Lipinski definition) is 3. The maximum atomic E-state index is 12.6. The number of benzene rings is 2. The molecule has 0 aliphatic rings. The van der Waals surface area contributed by atoms with Gasteiger partial charge in [0, 0.05) is 5.56 Å². The van der Waals surface area contributed by atoms with E-state index in [0.29, 0.717) is 23.7 Å². The number of methoxy groups -OCH3 is 1. The Morgan fingerprint density at radius 1 is 1.20 bits per heavy atom. The average Bonchev–Trinajstić information content (AvgIpc) is 2.64. The molecular formula is C21H25NO3. The van der Waals surface area contributed by atoms with Crippen LogP contribution in [0.15, 0.2) is 55.1 Å². The van der Waals surface area contributed by atoms with Gasteiger partial charge in [0.05, 0.1) is 13.2 Å². The highest BCUT2D eigenvalue weighted by atomic mass is 16.5. The van der Waals surface area contributed by atoms with Crippen LogP contribution in [0.3, 0.4) is 0 Å². The van der Waals surface area contributed by atoms with Gasteiger partial charge in [0.1, 0.15) is 6.61 Å². The lowest BCUT2D eigenvalue weighted by Crippen LogP contribution is -2.28. The van der Waals surface area contributed by atoms with Gasteiger partial charge in [0.25, 0.3) is 5.91 Å². The highest BCUT2D eigenvalue weighted by molar-refractivity contribution is 5.95. The van der Waals surface area contributed by atoms with Gasteiger partial charge in [-0.1, -0.05) is 49.4 Å². The maximum Gasteiger partial charge on any atom is 0.251 e. The number of nitrogens with one attached hydrogen (secondary N) is 1. The summed E-state index contributed by atoms with van der Waals surface area (Å²) in [7, 11) is 1.55. The van der Waals surface area contributed by atoms with Crippen molar-refractivity contribution in [1.82, 2.24) is 5.32 Å². The SMILES string of the molecule is C=CCOc1ccc(C(=O)NC(CC)c2ccc(C)cc2)cc1OC. The van der Waals surface area contributed by atoms with Crippen molar-refractivity contribution in [3.8, 4) is 11.5 Å². The molecule has 0 fully saturated rings. The van der Waals surface area contributed by atoms with Crippen molar-refractivity contribution in [1.29, 1.82) is 0 Å². The van der Waals surface area contributed by atoms with E-state index < -0.39 is 0 Å². The number of rotatable bonds is 8. The van der Waals surface area contributed by atoms with Crippen LogP contribution in [0.25, 0.3) is 0 Å².